The van der Waals surface area contributed by atoms with Crippen molar-refractivity contribution >= 4 is 55.8 Å². The van der Waals surface area contributed by atoms with Gasteiger partial charge in [0, 0.05) is 34.9 Å². The fourth-order valence-electron chi connectivity index (χ4n) is 4.68. The fourth-order valence-corrected chi connectivity index (χ4v) is 5.81. The predicted molar refractivity (Wildman–Crippen MR) is 169 cm³/mol. The van der Waals surface area contributed by atoms with E-state index < -0.39 is 33.6 Å². The summed E-state index contributed by atoms with van der Waals surface area (Å²) in [6.07, 6.45) is 0.387. The zero-order valence-corrected chi connectivity index (χ0v) is 25.2. The van der Waals surface area contributed by atoms with Gasteiger partial charge in [-0.3, -0.25) is 14.3 Å². The number of fused-ring (bicyclic) bond motifs is 1. The van der Waals surface area contributed by atoms with Gasteiger partial charge in [-0.15, -0.1) is 0 Å². The summed E-state index contributed by atoms with van der Waals surface area (Å²) < 4.78 is 34.7. The number of halogens is 1. The van der Waals surface area contributed by atoms with Crippen molar-refractivity contribution < 1.29 is 22.7 Å². The number of ether oxygens (including phenoxy) is 1. The quantitative estimate of drug-likeness (QED) is 0.201. The number of esters is 1. The van der Waals surface area contributed by atoms with Crippen LogP contribution in [-0.2, 0) is 26.6 Å². The maximum atomic E-state index is 13.7. The van der Waals surface area contributed by atoms with Crippen molar-refractivity contribution in [1.29, 1.82) is 0 Å². The molecule has 1 atom stereocenters. The highest BCUT2D eigenvalue weighted by Gasteiger charge is 2.28. The number of sulfonamides is 1. The van der Waals surface area contributed by atoms with Crippen LogP contribution in [0.25, 0.3) is 21.9 Å². The van der Waals surface area contributed by atoms with Crippen molar-refractivity contribution in [3.63, 3.8) is 0 Å². The lowest BCUT2D eigenvalue weighted by atomic mass is 9.96. The molecule has 3 aromatic carbocycles. The summed E-state index contributed by atoms with van der Waals surface area (Å²) in [5.41, 5.74) is 0.989. The molecule has 224 valence electrons. The van der Waals surface area contributed by atoms with E-state index in [2.05, 4.69) is 15.0 Å². The molecule has 1 unspecified atom stereocenters. The molecule has 0 aliphatic heterocycles. The highest BCUT2D eigenvalue weighted by atomic mass is 35.5. The molecular weight excluding hydrogens is 604 g/mol. The molecule has 0 aliphatic rings. The van der Waals surface area contributed by atoms with Gasteiger partial charge in [-0.05, 0) is 72.0 Å². The Hall–Kier alpha value is -5.00. The van der Waals surface area contributed by atoms with Crippen LogP contribution in [0.3, 0.4) is 0 Å². The molecule has 5 aromatic rings. The topological polar surface area (TPSA) is 136 Å². The van der Waals surface area contributed by atoms with Crippen LogP contribution in [0, 0.1) is 0 Å². The van der Waals surface area contributed by atoms with Crippen LogP contribution >= 0.6 is 11.6 Å². The fraction of sp³-hybridized carbons (Fsp3) is 0.125. The first-order chi connectivity index (χ1) is 21.1. The maximum absolute atomic E-state index is 13.7. The molecule has 2 N–H and O–H groups in total. The Balaban J connectivity index is 1.39. The molecule has 0 saturated heterocycles. The van der Waals surface area contributed by atoms with Crippen LogP contribution in [0.1, 0.15) is 23.8 Å². The molecule has 1 amide bonds. The lowest BCUT2D eigenvalue weighted by Crippen LogP contribution is -2.34. The molecule has 0 bridgehead atoms. The Morgan fingerprint density at radius 1 is 0.932 bits per heavy atom. The van der Waals surface area contributed by atoms with Crippen LogP contribution in [0.4, 0.5) is 11.5 Å². The minimum Gasteiger partial charge on any atom is -0.448 e. The standard InChI is InChI=1S/C32H27ClN4O6S/c1-3-26(30(38)35-22-15-17-23(18-16-22)44(41,42)36-27-10-6-7-19-34-27)43-32(40)29-28(20-11-13-21(33)14-12-20)24-8-4-5-9-25(24)31(39)37(29)2/h4-19,26H,3H2,1-2H3,(H,34,36)(H,35,38). The monoisotopic (exact) mass is 630 g/mol. The molecular formula is C32H27ClN4O6S. The molecule has 2 heterocycles. The van der Waals surface area contributed by atoms with Crippen molar-refractivity contribution in [2.75, 3.05) is 10.0 Å². The first-order valence-corrected chi connectivity index (χ1v) is 15.4. The van der Waals surface area contributed by atoms with Gasteiger partial charge in [0.05, 0.1) is 4.90 Å². The number of hydrogen-bond acceptors (Lipinski definition) is 7. The Labute approximate surface area is 258 Å². The number of nitrogens with one attached hydrogen (secondary N) is 2. The van der Waals surface area contributed by atoms with E-state index in [1.54, 1.807) is 67.6 Å². The molecule has 0 spiro atoms. The second-order valence-corrected chi connectivity index (χ2v) is 11.9. The largest absolute Gasteiger partial charge is 0.448 e. The van der Waals surface area contributed by atoms with E-state index >= 15 is 0 Å². The van der Waals surface area contributed by atoms with Crippen molar-refractivity contribution in [3.8, 4) is 11.1 Å². The summed E-state index contributed by atoms with van der Waals surface area (Å²) in [5, 5.41) is 4.13. The van der Waals surface area contributed by atoms with Crippen LogP contribution in [0.15, 0.2) is 107 Å². The van der Waals surface area contributed by atoms with Gasteiger partial charge in [0.15, 0.2) is 6.10 Å². The average molecular weight is 631 g/mol. The molecule has 0 saturated carbocycles. The lowest BCUT2D eigenvalue weighted by molar-refractivity contribution is -0.124. The number of hydrogen-bond donors (Lipinski definition) is 2. The van der Waals surface area contributed by atoms with Gasteiger partial charge in [0.25, 0.3) is 21.5 Å². The Morgan fingerprint density at radius 3 is 2.23 bits per heavy atom. The molecule has 0 radical (unpaired) electrons. The van der Waals surface area contributed by atoms with Gasteiger partial charge < -0.3 is 14.6 Å². The van der Waals surface area contributed by atoms with Crippen molar-refractivity contribution in [3.05, 3.63) is 118 Å². The highest BCUT2D eigenvalue weighted by molar-refractivity contribution is 7.92. The minimum atomic E-state index is -3.91. The second kappa shape index (κ2) is 12.7. The third-order valence-corrected chi connectivity index (χ3v) is 8.50. The first-order valence-electron chi connectivity index (χ1n) is 13.5. The van der Waals surface area contributed by atoms with Crippen molar-refractivity contribution in [2.45, 2.75) is 24.3 Å². The number of benzene rings is 3. The summed E-state index contributed by atoms with van der Waals surface area (Å²) in [7, 11) is -2.43. The number of pyridine rings is 2. The van der Waals surface area contributed by atoms with Crippen molar-refractivity contribution in [1.82, 2.24) is 9.55 Å². The number of aromatic nitrogens is 2. The third-order valence-electron chi connectivity index (χ3n) is 6.88. The minimum absolute atomic E-state index is 0.0164. The molecule has 44 heavy (non-hydrogen) atoms. The molecule has 5 rings (SSSR count). The van der Waals surface area contributed by atoms with Gasteiger partial charge >= 0.3 is 5.97 Å². The zero-order valence-electron chi connectivity index (χ0n) is 23.7. The summed E-state index contributed by atoms with van der Waals surface area (Å²) >= 11 is 6.10. The number of amides is 1. The smallest absolute Gasteiger partial charge is 0.356 e. The average Bonchev–Trinajstić information content (AvgIpc) is 3.02. The Bertz CT molecular complexity index is 2010. The lowest BCUT2D eigenvalue weighted by Gasteiger charge is -2.20. The van der Waals surface area contributed by atoms with Gasteiger partial charge in [0.2, 0.25) is 0 Å². The Morgan fingerprint density at radius 2 is 1.59 bits per heavy atom. The van der Waals surface area contributed by atoms with E-state index in [4.69, 9.17) is 16.3 Å². The van der Waals surface area contributed by atoms with Crippen LogP contribution < -0.4 is 15.6 Å². The SMILES string of the molecule is CCC(OC(=O)c1c(-c2ccc(Cl)cc2)c2ccccc2c(=O)n1C)C(=O)Nc1ccc(S(=O)(=O)Nc2ccccn2)cc1. The summed E-state index contributed by atoms with van der Waals surface area (Å²) in [4.78, 5) is 44.0. The van der Waals surface area contributed by atoms with Crippen LogP contribution in [0.5, 0.6) is 0 Å². The van der Waals surface area contributed by atoms with Crippen molar-refractivity contribution in [2.24, 2.45) is 7.05 Å². The second-order valence-electron chi connectivity index (χ2n) is 9.78. The van der Waals surface area contributed by atoms with Crippen LogP contribution in [-0.4, -0.2) is 35.9 Å². The normalized spacial score (nSPS) is 12.0. The van der Waals surface area contributed by atoms with E-state index in [0.717, 1.165) is 0 Å². The van der Waals surface area contributed by atoms with Gasteiger partial charge in [-0.2, -0.15) is 0 Å². The summed E-state index contributed by atoms with van der Waals surface area (Å²) in [6, 6.07) is 24.1. The summed E-state index contributed by atoms with van der Waals surface area (Å²) in [6.45, 7) is 1.68. The number of anilines is 2. The molecule has 2 aromatic heterocycles. The molecule has 0 fully saturated rings. The number of carbonyl (C=O) groups excluding carboxylic acids is 2. The summed E-state index contributed by atoms with van der Waals surface area (Å²) in [5.74, 6) is -1.31. The number of nitrogens with zero attached hydrogens (tertiary/aromatic N) is 2. The van der Waals surface area contributed by atoms with Crippen LogP contribution in [0.2, 0.25) is 5.02 Å². The maximum Gasteiger partial charge on any atom is 0.356 e. The van der Waals surface area contributed by atoms with E-state index in [0.29, 0.717) is 32.6 Å². The molecule has 12 heteroatoms. The third kappa shape index (κ3) is 6.34. The van der Waals surface area contributed by atoms with E-state index in [-0.39, 0.29) is 22.8 Å². The van der Waals surface area contributed by atoms with E-state index in [1.165, 1.54) is 48.1 Å². The molecule has 10 nitrogen and oxygen atoms in total. The number of carbonyl (C=O) groups is 2. The van der Waals surface area contributed by atoms with E-state index in [1.807, 2.05) is 0 Å². The van der Waals surface area contributed by atoms with Gasteiger partial charge in [-0.1, -0.05) is 54.9 Å². The predicted octanol–water partition coefficient (Wildman–Crippen LogP) is 5.63. The van der Waals surface area contributed by atoms with Gasteiger partial charge in [0.1, 0.15) is 11.5 Å². The molecule has 0 aliphatic carbocycles. The van der Waals surface area contributed by atoms with E-state index in [9.17, 15) is 22.8 Å². The zero-order chi connectivity index (χ0) is 31.4. The Kier molecular flexibility index (Phi) is 8.79. The number of rotatable bonds is 9. The first kappa shape index (κ1) is 30.5. The van der Waals surface area contributed by atoms with Gasteiger partial charge in [-0.25, -0.2) is 18.2 Å². The highest BCUT2D eigenvalue weighted by Crippen LogP contribution is 2.32.